The SMILES string of the molecule is COc1cc(C(=O)NCc2nc3ccccc3n2CCOc2ccccc2Cl)cc(OC)c1OC. The molecule has 1 amide bonds. The first-order valence-corrected chi connectivity index (χ1v) is 11.3. The van der Waals surface area contributed by atoms with E-state index in [1.807, 2.05) is 47.0 Å². The van der Waals surface area contributed by atoms with Gasteiger partial charge in [0.15, 0.2) is 11.5 Å². The number of aromatic nitrogens is 2. The highest BCUT2D eigenvalue weighted by molar-refractivity contribution is 6.32. The van der Waals surface area contributed by atoms with Crippen LogP contribution in [-0.4, -0.2) is 43.4 Å². The van der Waals surface area contributed by atoms with Crippen LogP contribution in [0.25, 0.3) is 11.0 Å². The van der Waals surface area contributed by atoms with Gasteiger partial charge in [-0.25, -0.2) is 4.98 Å². The topological polar surface area (TPSA) is 83.8 Å². The molecule has 0 atom stereocenters. The fourth-order valence-electron chi connectivity index (χ4n) is 3.79. The largest absolute Gasteiger partial charge is 0.493 e. The molecule has 9 heteroatoms. The number of methoxy groups -OCH3 is 3. The normalized spacial score (nSPS) is 10.7. The first kappa shape index (κ1) is 24.2. The Kier molecular flexibility index (Phi) is 7.62. The Hall–Kier alpha value is -3.91. The molecule has 8 nitrogen and oxygen atoms in total. The van der Waals surface area contributed by atoms with E-state index in [4.69, 9.17) is 35.5 Å². The molecule has 35 heavy (non-hydrogen) atoms. The predicted molar refractivity (Wildman–Crippen MR) is 134 cm³/mol. The molecule has 0 unspecified atom stereocenters. The minimum absolute atomic E-state index is 0.219. The summed E-state index contributed by atoms with van der Waals surface area (Å²) in [7, 11) is 4.53. The molecule has 1 heterocycles. The second kappa shape index (κ2) is 11.0. The van der Waals surface area contributed by atoms with Gasteiger partial charge in [-0.2, -0.15) is 0 Å². The Morgan fingerprint density at radius 2 is 1.63 bits per heavy atom. The highest BCUT2D eigenvalue weighted by Crippen LogP contribution is 2.38. The summed E-state index contributed by atoms with van der Waals surface area (Å²) in [4.78, 5) is 17.7. The van der Waals surface area contributed by atoms with Gasteiger partial charge in [0.2, 0.25) is 5.75 Å². The van der Waals surface area contributed by atoms with E-state index in [0.29, 0.717) is 52.6 Å². The van der Waals surface area contributed by atoms with Crippen LogP contribution in [0.4, 0.5) is 0 Å². The molecule has 1 aromatic heterocycles. The lowest BCUT2D eigenvalue weighted by Crippen LogP contribution is -2.25. The average Bonchev–Trinajstić information content (AvgIpc) is 3.24. The van der Waals surface area contributed by atoms with Crippen molar-refractivity contribution in [3.8, 4) is 23.0 Å². The Bertz CT molecular complexity index is 1310. The van der Waals surface area contributed by atoms with Gasteiger partial charge in [0.1, 0.15) is 18.2 Å². The molecule has 4 aromatic rings. The van der Waals surface area contributed by atoms with Crippen molar-refractivity contribution in [2.24, 2.45) is 0 Å². The quantitative estimate of drug-likeness (QED) is 0.342. The van der Waals surface area contributed by atoms with Crippen molar-refractivity contribution in [1.29, 1.82) is 0 Å². The van der Waals surface area contributed by atoms with Crippen molar-refractivity contribution in [1.82, 2.24) is 14.9 Å². The number of amides is 1. The first-order chi connectivity index (χ1) is 17.0. The monoisotopic (exact) mass is 495 g/mol. The van der Waals surface area contributed by atoms with Crippen LogP contribution in [0.3, 0.4) is 0 Å². The van der Waals surface area contributed by atoms with Crippen LogP contribution >= 0.6 is 11.6 Å². The van der Waals surface area contributed by atoms with Gasteiger partial charge < -0.3 is 28.8 Å². The molecule has 3 aromatic carbocycles. The molecule has 1 N–H and O–H groups in total. The maximum absolute atomic E-state index is 13.0. The van der Waals surface area contributed by atoms with E-state index in [2.05, 4.69) is 5.32 Å². The van der Waals surface area contributed by atoms with E-state index in [0.717, 1.165) is 11.0 Å². The second-order valence-electron chi connectivity index (χ2n) is 7.54. The number of hydrogen-bond acceptors (Lipinski definition) is 6. The molecule has 182 valence electrons. The number of para-hydroxylation sites is 3. The maximum Gasteiger partial charge on any atom is 0.251 e. The summed E-state index contributed by atoms with van der Waals surface area (Å²) in [5.74, 6) is 2.26. The molecule has 0 aliphatic carbocycles. The summed E-state index contributed by atoms with van der Waals surface area (Å²) >= 11 is 6.20. The number of carbonyl (C=O) groups excluding carboxylic acids is 1. The highest BCUT2D eigenvalue weighted by atomic mass is 35.5. The summed E-state index contributed by atoms with van der Waals surface area (Å²) < 4.78 is 23.9. The number of imidazole rings is 1. The molecule has 4 rings (SSSR count). The average molecular weight is 496 g/mol. The number of nitrogens with one attached hydrogen (secondary N) is 1. The van der Waals surface area contributed by atoms with Gasteiger partial charge in [-0.15, -0.1) is 0 Å². The van der Waals surface area contributed by atoms with Crippen molar-refractivity contribution in [3.05, 3.63) is 77.1 Å². The zero-order chi connectivity index (χ0) is 24.8. The molecule has 0 aliphatic heterocycles. The van der Waals surface area contributed by atoms with E-state index in [-0.39, 0.29) is 12.5 Å². The number of benzene rings is 3. The number of fused-ring (bicyclic) bond motifs is 1. The Balaban J connectivity index is 1.52. The number of rotatable bonds is 10. The number of ether oxygens (including phenoxy) is 4. The number of halogens is 1. The van der Waals surface area contributed by atoms with Gasteiger partial charge in [0, 0.05) is 5.56 Å². The fourth-order valence-corrected chi connectivity index (χ4v) is 3.98. The van der Waals surface area contributed by atoms with Crippen molar-refractivity contribution in [3.63, 3.8) is 0 Å². The molecule has 0 saturated carbocycles. The summed E-state index contributed by atoms with van der Waals surface area (Å²) in [5, 5.41) is 3.49. The summed E-state index contributed by atoms with van der Waals surface area (Å²) in [6.45, 7) is 1.13. The van der Waals surface area contributed by atoms with Gasteiger partial charge in [-0.3, -0.25) is 4.79 Å². The smallest absolute Gasteiger partial charge is 0.251 e. The fraction of sp³-hybridized carbons (Fsp3) is 0.231. The van der Waals surface area contributed by atoms with Gasteiger partial charge in [0.25, 0.3) is 5.91 Å². The Morgan fingerprint density at radius 3 is 2.31 bits per heavy atom. The van der Waals surface area contributed by atoms with E-state index in [1.54, 1.807) is 18.2 Å². The summed E-state index contributed by atoms with van der Waals surface area (Å²) in [6.07, 6.45) is 0. The molecule has 0 spiro atoms. The van der Waals surface area contributed by atoms with Crippen LogP contribution in [0.2, 0.25) is 5.02 Å². The number of hydrogen-bond donors (Lipinski definition) is 1. The van der Waals surface area contributed by atoms with Gasteiger partial charge >= 0.3 is 0 Å². The third-order valence-electron chi connectivity index (χ3n) is 5.48. The molecule has 0 aliphatic rings. The lowest BCUT2D eigenvalue weighted by atomic mass is 10.1. The number of carbonyl (C=O) groups is 1. The van der Waals surface area contributed by atoms with Crippen LogP contribution in [0.5, 0.6) is 23.0 Å². The zero-order valence-electron chi connectivity index (χ0n) is 19.7. The van der Waals surface area contributed by atoms with E-state index < -0.39 is 0 Å². The van der Waals surface area contributed by atoms with Gasteiger partial charge in [-0.1, -0.05) is 35.9 Å². The van der Waals surface area contributed by atoms with Crippen LogP contribution in [0.15, 0.2) is 60.7 Å². The molecular weight excluding hydrogens is 470 g/mol. The Labute approximate surface area is 208 Å². The minimum Gasteiger partial charge on any atom is -0.493 e. The van der Waals surface area contributed by atoms with E-state index in [1.165, 1.54) is 21.3 Å². The predicted octanol–water partition coefficient (Wildman–Crippen LogP) is 4.72. The van der Waals surface area contributed by atoms with E-state index in [9.17, 15) is 4.79 Å². The van der Waals surface area contributed by atoms with Crippen LogP contribution in [0, 0.1) is 0 Å². The maximum atomic E-state index is 13.0. The molecule has 0 saturated heterocycles. The standard InChI is InChI=1S/C26H26ClN3O5/c1-32-22-14-17(15-23(33-2)25(22)34-3)26(31)28-16-24-29-19-9-5-6-10-20(19)30(24)12-13-35-21-11-7-4-8-18(21)27/h4-11,14-15H,12-13,16H2,1-3H3,(H,28,31). The van der Waals surface area contributed by atoms with E-state index >= 15 is 0 Å². The Morgan fingerprint density at radius 1 is 0.943 bits per heavy atom. The summed E-state index contributed by atoms with van der Waals surface area (Å²) in [6, 6.07) is 18.4. The minimum atomic E-state index is -0.296. The van der Waals surface area contributed by atoms with Crippen LogP contribution in [-0.2, 0) is 13.1 Å². The van der Waals surface area contributed by atoms with Crippen molar-refractivity contribution in [2.45, 2.75) is 13.1 Å². The third-order valence-corrected chi connectivity index (χ3v) is 5.79. The number of nitrogens with zero attached hydrogens (tertiary/aromatic N) is 2. The first-order valence-electron chi connectivity index (χ1n) is 11.0. The molecule has 0 bridgehead atoms. The second-order valence-corrected chi connectivity index (χ2v) is 7.95. The van der Waals surface area contributed by atoms with Gasteiger partial charge in [0.05, 0.1) is 50.5 Å². The summed E-state index contributed by atoms with van der Waals surface area (Å²) in [5.41, 5.74) is 2.17. The third kappa shape index (κ3) is 5.27. The highest BCUT2D eigenvalue weighted by Gasteiger charge is 2.18. The molecular formula is C26H26ClN3O5. The van der Waals surface area contributed by atoms with Crippen LogP contribution in [0.1, 0.15) is 16.2 Å². The van der Waals surface area contributed by atoms with Crippen LogP contribution < -0.4 is 24.3 Å². The van der Waals surface area contributed by atoms with Gasteiger partial charge in [-0.05, 0) is 36.4 Å². The zero-order valence-corrected chi connectivity index (χ0v) is 20.5. The lowest BCUT2D eigenvalue weighted by molar-refractivity contribution is 0.0948. The molecule has 0 radical (unpaired) electrons. The lowest BCUT2D eigenvalue weighted by Gasteiger charge is -2.14. The van der Waals surface area contributed by atoms with Crippen molar-refractivity contribution < 1.29 is 23.7 Å². The van der Waals surface area contributed by atoms with Crippen molar-refractivity contribution in [2.75, 3.05) is 27.9 Å². The molecule has 0 fully saturated rings. The van der Waals surface area contributed by atoms with Crippen molar-refractivity contribution >= 4 is 28.5 Å².